The number of morpholine rings is 1. The highest BCUT2D eigenvalue weighted by Crippen LogP contribution is 2.16. The van der Waals surface area contributed by atoms with Gasteiger partial charge in [-0.2, -0.15) is 0 Å². The normalized spacial score (nSPS) is 21.7. The summed E-state index contributed by atoms with van der Waals surface area (Å²) in [6.45, 7) is 11.5. The number of nitrogens with one attached hydrogen (secondary N) is 2. The number of halogens is 1. The zero-order valence-electron chi connectivity index (χ0n) is 15.9. The molecule has 2 rings (SSSR count). The maximum atomic E-state index is 5.78. The van der Waals surface area contributed by atoms with Gasteiger partial charge in [0.25, 0.3) is 0 Å². The summed E-state index contributed by atoms with van der Waals surface area (Å²) in [5.74, 6) is 0.880. The molecule has 0 amide bonds. The molecule has 2 atom stereocenters. The lowest BCUT2D eigenvalue weighted by Crippen LogP contribution is -2.46. The first-order valence-electron chi connectivity index (χ1n) is 9.00. The van der Waals surface area contributed by atoms with Crippen molar-refractivity contribution >= 4 is 41.3 Å². The molecule has 2 N–H and O–H groups in total. The molecule has 0 bridgehead atoms. The second-order valence-electron chi connectivity index (χ2n) is 6.44. The standard InChI is InChI=1S/C18H32N4OS.HI/c1-5-16-7-8-17(24-16)11-21-18(19-4)20-9-6-10-22-12-14(2)23-15(3)13-22;/h7-8,14-15H,5-6,9-13H2,1-4H3,(H2,19,20,21);1H. The van der Waals surface area contributed by atoms with Crippen LogP contribution < -0.4 is 10.6 Å². The molecule has 0 saturated carbocycles. The summed E-state index contributed by atoms with van der Waals surface area (Å²) in [6.07, 6.45) is 2.90. The van der Waals surface area contributed by atoms with Crippen LogP contribution in [0.4, 0.5) is 0 Å². The van der Waals surface area contributed by atoms with E-state index < -0.39 is 0 Å². The number of aliphatic imine (C=N–C) groups is 1. The second-order valence-corrected chi connectivity index (χ2v) is 7.70. The molecular weight excluding hydrogens is 447 g/mol. The largest absolute Gasteiger partial charge is 0.373 e. The van der Waals surface area contributed by atoms with Gasteiger partial charge in [0, 0.05) is 43.0 Å². The van der Waals surface area contributed by atoms with E-state index in [1.165, 1.54) is 9.75 Å². The Labute approximate surface area is 173 Å². The number of aryl methyl sites for hydroxylation is 1. The number of thiophene rings is 1. The number of hydrogen-bond acceptors (Lipinski definition) is 4. The van der Waals surface area contributed by atoms with Crippen LogP contribution in [0.25, 0.3) is 0 Å². The van der Waals surface area contributed by atoms with Crippen LogP contribution in [0.2, 0.25) is 0 Å². The van der Waals surface area contributed by atoms with E-state index >= 15 is 0 Å². The van der Waals surface area contributed by atoms with E-state index in [0.29, 0.717) is 12.2 Å². The topological polar surface area (TPSA) is 48.9 Å². The van der Waals surface area contributed by atoms with Crippen molar-refractivity contribution in [2.24, 2.45) is 4.99 Å². The molecular formula is C18H33IN4OS. The van der Waals surface area contributed by atoms with Gasteiger partial charge in [-0.15, -0.1) is 35.3 Å². The minimum Gasteiger partial charge on any atom is -0.373 e. The predicted molar refractivity (Wildman–Crippen MR) is 118 cm³/mol. The molecule has 0 spiro atoms. The van der Waals surface area contributed by atoms with E-state index in [9.17, 15) is 0 Å². The van der Waals surface area contributed by atoms with Gasteiger partial charge in [-0.05, 0) is 38.8 Å². The third kappa shape index (κ3) is 8.23. The fourth-order valence-electron chi connectivity index (χ4n) is 3.08. The number of ether oxygens (including phenoxy) is 1. The monoisotopic (exact) mass is 480 g/mol. The van der Waals surface area contributed by atoms with Crippen LogP contribution in [0.15, 0.2) is 17.1 Å². The van der Waals surface area contributed by atoms with Crippen LogP contribution in [0.3, 0.4) is 0 Å². The minimum atomic E-state index is 0. The van der Waals surface area contributed by atoms with E-state index in [0.717, 1.165) is 51.5 Å². The van der Waals surface area contributed by atoms with Crippen molar-refractivity contribution in [3.8, 4) is 0 Å². The SMILES string of the molecule is CCc1ccc(CNC(=NC)NCCCN2CC(C)OC(C)C2)s1.I. The molecule has 0 aromatic carbocycles. The van der Waals surface area contributed by atoms with Crippen molar-refractivity contribution < 1.29 is 4.74 Å². The Morgan fingerprint density at radius 1 is 1.24 bits per heavy atom. The molecule has 2 heterocycles. The highest BCUT2D eigenvalue weighted by atomic mass is 127. The van der Waals surface area contributed by atoms with Crippen LogP contribution in [-0.4, -0.2) is 56.3 Å². The van der Waals surface area contributed by atoms with Crippen LogP contribution in [0.5, 0.6) is 0 Å². The summed E-state index contributed by atoms with van der Waals surface area (Å²) in [7, 11) is 1.83. The summed E-state index contributed by atoms with van der Waals surface area (Å²) >= 11 is 1.87. The molecule has 7 heteroatoms. The first kappa shape index (κ1) is 22.7. The van der Waals surface area contributed by atoms with Crippen molar-refractivity contribution in [1.29, 1.82) is 0 Å². The van der Waals surface area contributed by atoms with Gasteiger partial charge >= 0.3 is 0 Å². The van der Waals surface area contributed by atoms with Crippen LogP contribution in [0.1, 0.15) is 36.9 Å². The van der Waals surface area contributed by atoms with Gasteiger partial charge in [-0.25, -0.2) is 0 Å². The first-order chi connectivity index (χ1) is 11.6. The van der Waals surface area contributed by atoms with E-state index in [4.69, 9.17) is 4.74 Å². The van der Waals surface area contributed by atoms with Gasteiger partial charge in [0.2, 0.25) is 0 Å². The summed E-state index contributed by atoms with van der Waals surface area (Å²) in [5.41, 5.74) is 0. The Balaban J connectivity index is 0.00000312. The van der Waals surface area contributed by atoms with E-state index in [2.05, 4.69) is 53.4 Å². The maximum absolute atomic E-state index is 5.78. The van der Waals surface area contributed by atoms with Crippen LogP contribution in [-0.2, 0) is 17.7 Å². The summed E-state index contributed by atoms with van der Waals surface area (Å²) in [4.78, 5) is 9.59. The summed E-state index contributed by atoms with van der Waals surface area (Å²) in [6, 6.07) is 4.41. The average Bonchev–Trinajstić information content (AvgIpc) is 3.01. The highest BCUT2D eigenvalue weighted by Gasteiger charge is 2.21. The molecule has 25 heavy (non-hydrogen) atoms. The van der Waals surface area contributed by atoms with E-state index in [-0.39, 0.29) is 24.0 Å². The molecule has 1 aliphatic heterocycles. The lowest BCUT2D eigenvalue weighted by Gasteiger charge is -2.35. The summed E-state index contributed by atoms with van der Waals surface area (Å²) < 4.78 is 5.78. The van der Waals surface area contributed by atoms with Crippen molar-refractivity contribution in [1.82, 2.24) is 15.5 Å². The van der Waals surface area contributed by atoms with Crippen molar-refractivity contribution in [3.63, 3.8) is 0 Å². The van der Waals surface area contributed by atoms with Gasteiger partial charge < -0.3 is 15.4 Å². The van der Waals surface area contributed by atoms with E-state index in [1.807, 2.05) is 18.4 Å². The zero-order valence-corrected chi connectivity index (χ0v) is 19.0. The molecule has 144 valence electrons. The molecule has 1 fully saturated rings. The Kier molecular flexibility index (Phi) is 11.0. The first-order valence-corrected chi connectivity index (χ1v) is 9.82. The van der Waals surface area contributed by atoms with Crippen LogP contribution >= 0.6 is 35.3 Å². The molecule has 1 aliphatic rings. The number of nitrogens with zero attached hydrogens (tertiary/aromatic N) is 2. The van der Waals surface area contributed by atoms with Gasteiger partial charge in [0.15, 0.2) is 5.96 Å². The zero-order chi connectivity index (χ0) is 17.4. The Morgan fingerprint density at radius 2 is 1.92 bits per heavy atom. The third-order valence-corrected chi connectivity index (χ3v) is 5.39. The van der Waals surface area contributed by atoms with Crippen molar-refractivity contribution in [3.05, 3.63) is 21.9 Å². The number of rotatable bonds is 7. The fourth-order valence-corrected chi connectivity index (χ4v) is 3.97. The lowest BCUT2D eigenvalue weighted by molar-refractivity contribution is -0.0679. The van der Waals surface area contributed by atoms with E-state index in [1.54, 1.807) is 0 Å². The Bertz CT molecular complexity index is 513. The smallest absolute Gasteiger partial charge is 0.191 e. The van der Waals surface area contributed by atoms with Gasteiger partial charge in [0.05, 0.1) is 18.8 Å². The number of guanidine groups is 1. The van der Waals surface area contributed by atoms with Gasteiger partial charge in [-0.1, -0.05) is 6.92 Å². The van der Waals surface area contributed by atoms with Crippen molar-refractivity contribution in [2.45, 2.75) is 52.4 Å². The molecule has 1 aromatic heterocycles. The lowest BCUT2D eigenvalue weighted by atomic mass is 10.2. The maximum Gasteiger partial charge on any atom is 0.191 e. The Hall–Kier alpha value is -0.380. The fraction of sp³-hybridized carbons (Fsp3) is 0.722. The van der Waals surface area contributed by atoms with Crippen LogP contribution in [0, 0.1) is 0 Å². The van der Waals surface area contributed by atoms with Crippen molar-refractivity contribution in [2.75, 3.05) is 33.2 Å². The second kappa shape index (κ2) is 12.1. The minimum absolute atomic E-state index is 0. The molecule has 0 aliphatic carbocycles. The molecule has 1 aromatic rings. The van der Waals surface area contributed by atoms with Gasteiger partial charge in [-0.3, -0.25) is 9.89 Å². The molecule has 5 nitrogen and oxygen atoms in total. The predicted octanol–water partition coefficient (Wildman–Crippen LogP) is 3.09. The Morgan fingerprint density at radius 3 is 2.52 bits per heavy atom. The molecule has 1 saturated heterocycles. The average molecular weight is 480 g/mol. The third-order valence-electron chi connectivity index (χ3n) is 4.16. The summed E-state index contributed by atoms with van der Waals surface area (Å²) in [5, 5.41) is 6.80. The molecule has 0 radical (unpaired) electrons. The highest BCUT2D eigenvalue weighted by molar-refractivity contribution is 14.0. The number of hydrogen-bond donors (Lipinski definition) is 2. The quantitative estimate of drug-likeness (QED) is 0.273. The van der Waals surface area contributed by atoms with Gasteiger partial charge in [0.1, 0.15) is 0 Å². The molecule has 2 unspecified atom stereocenters.